The Morgan fingerprint density at radius 1 is 1.32 bits per heavy atom. The molecule has 0 saturated heterocycles. The third-order valence-corrected chi connectivity index (χ3v) is 2.75. The summed E-state index contributed by atoms with van der Waals surface area (Å²) in [4.78, 5) is 11.2. The van der Waals surface area contributed by atoms with Crippen LogP contribution in [0.2, 0.25) is 0 Å². The molecule has 3 rings (SSSR count). The van der Waals surface area contributed by atoms with Gasteiger partial charge in [0.1, 0.15) is 18.5 Å². The summed E-state index contributed by atoms with van der Waals surface area (Å²) in [5.41, 5.74) is 2.24. The Labute approximate surface area is 110 Å². The summed E-state index contributed by atoms with van der Waals surface area (Å²) in [6.45, 7) is 1.40. The molecule has 0 aliphatic carbocycles. The van der Waals surface area contributed by atoms with E-state index in [1.165, 1.54) is 5.56 Å². The molecule has 0 bridgehead atoms. The van der Waals surface area contributed by atoms with Crippen LogP contribution in [0, 0.1) is 0 Å². The Balaban J connectivity index is 1.66. The lowest BCUT2D eigenvalue weighted by Gasteiger charge is -2.07. The van der Waals surface area contributed by atoms with Crippen molar-refractivity contribution in [1.82, 2.24) is 24.7 Å². The molecule has 0 aliphatic rings. The maximum absolute atomic E-state index is 4.17. The minimum Gasteiger partial charge on any atom is -0.378 e. The Morgan fingerprint density at radius 3 is 3.11 bits per heavy atom. The van der Waals surface area contributed by atoms with Crippen LogP contribution in [0.3, 0.4) is 0 Å². The molecule has 0 unspecified atom stereocenters. The minimum absolute atomic E-state index is 0.680. The summed E-state index contributed by atoms with van der Waals surface area (Å²) in [7, 11) is 0. The topological polar surface area (TPSA) is 71.4 Å². The van der Waals surface area contributed by atoms with Crippen LogP contribution in [0.15, 0.2) is 49.3 Å². The van der Waals surface area contributed by atoms with E-state index in [0.717, 1.165) is 18.1 Å². The second kappa shape index (κ2) is 5.34. The van der Waals surface area contributed by atoms with Gasteiger partial charge in [-0.3, -0.25) is 0 Å². The normalized spacial score (nSPS) is 10.5. The maximum atomic E-state index is 4.17. The van der Waals surface area contributed by atoms with Crippen LogP contribution in [0.1, 0.15) is 11.4 Å². The van der Waals surface area contributed by atoms with E-state index in [4.69, 9.17) is 0 Å². The van der Waals surface area contributed by atoms with Gasteiger partial charge in [0.2, 0.25) is 0 Å². The van der Waals surface area contributed by atoms with Gasteiger partial charge in [-0.05, 0) is 17.7 Å². The van der Waals surface area contributed by atoms with Gasteiger partial charge in [-0.2, -0.15) is 5.10 Å². The van der Waals surface area contributed by atoms with E-state index in [1.807, 2.05) is 18.3 Å². The lowest BCUT2D eigenvalue weighted by Crippen LogP contribution is -2.03. The fraction of sp³-hybridized carbons (Fsp3) is 0.154. The fourth-order valence-corrected chi connectivity index (χ4v) is 1.86. The highest BCUT2D eigenvalue weighted by molar-refractivity contribution is 5.45. The average Bonchev–Trinajstić information content (AvgIpc) is 3.10. The molecule has 2 heterocycles. The van der Waals surface area contributed by atoms with Gasteiger partial charge >= 0.3 is 0 Å². The summed E-state index contributed by atoms with van der Waals surface area (Å²) in [5.74, 6) is 0.918. The van der Waals surface area contributed by atoms with Gasteiger partial charge < -0.3 is 10.3 Å². The molecule has 19 heavy (non-hydrogen) atoms. The Hall–Kier alpha value is -2.63. The second-order valence-corrected chi connectivity index (χ2v) is 4.18. The number of hydrogen-bond donors (Lipinski definition) is 2. The van der Waals surface area contributed by atoms with Gasteiger partial charge in [0, 0.05) is 18.1 Å². The molecule has 0 radical (unpaired) electrons. The first-order valence-corrected chi connectivity index (χ1v) is 6.03. The lowest BCUT2D eigenvalue weighted by molar-refractivity contribution is 0.685. The van der Waals surface area contributed by atoms with E-state index in [1.54, 1.807) is 23.5 Å². The molecule has 96 valence electrons. The average molecular weight is 254 g/mol. The van der Waals surface area contributed by atoms with Crippen molar-refractivity contribution < 1.29 is 0 Å². The van der Waals surface area contributed by atoms with Gasteiger partial charge in [0.25, 0.3) is 0 Å². The minimum atomic E-state index is 0.680. The number of aromatic amines is 1. The summed E-state index contributed by atoms with van der Waals surface area (Å²) in [6, 6.07) is 8.23. The zero-order chi connectivity index (χ0) is 12.9. The molecule has 2 N–H and O–H groups in total. The summed E-state index contributed by atoms with van der Waals surface area (Å²) < 4.78 is 1.80. The van der Waals surface area contributed by atoms with Crippen molar-refractivity contribution in [2.24, 2.45) is 0 Å². The summed E-state index contributed by atoms with van der Waals surface area (Å²) >= 11 is 0. The highest BCUT2D eigenvalue weighted by Gasteiger charge is 1.99. The molecule has 0 saturated carbocycles. The van der Waals surface area contributed by atoms with Crippen molar-refractivity contribution in [3.63, 3.8) is 0 Å². The smallest absolute Gasteiger partial charge is 0.137 e. The predicted molar refractivity (Wildman–Crippen MR) is 71.5 cm³/mol. The number of hydrogen-bond acceptors (Lipinski definition) is 4. The van der Waals surface area contributed by atoms with Crippen LogP contribution in [0.5, 0.6) is 0 Å². The quantitative estimate of drug-likeness (QED) is 0.726. The molecule has 3 aromatic rings. The van der Waals surface area contributed by atoms with Gasteiger partial charge in [-0.25, -0.2) is 14.6 Å². The first kappa shape index (κ1) is 11.5. The lowest BCUT2D eigenvalue weighted by atomic mass is 10.2. The summed E-state index contributed by atoms with van der Waals surface area (Å²) in [5, 5.41) is 7.43. The van der Waals surface area contributed by atoms with Crippen LogP contribution >= 0.6 is 0 Å². The molecule has 6 heteroatoms. The number of H-pyrrole nitrogens is 1. The number of nitrogens with zero attached hydrogens (tertiary/aromatic N) is 4. The van der Waals surface area contributed by atoms with E-state index in [2.05, 4.69) is 37.5 Å². The van der Waals surface area contributed by atoms with Gasteiger partial charge in [-0.15, -0.1) is 0 Å². The van der Waals surface area contributed by atoms with E-state index in [-0.39, 0.29) is 0 Å². The molecule has 0 atom stereocenters. The van der Waals surface area contributed by atoms with E-state index in [0.29, 0.717) is 6.54 Å². The highest BCUT2D eigenvalue weighted by Crippen LogP contribution is 2.12. The molecule has 0 spiro atoms. The Kier molecular flexibility index (Phi) is 3.22. The van der Waals surface area contributed by atoms with E-state index in [9.17, 15) is 0 Å². The van der Waals surface area contributed by atoms with Crippen molar-refractivity contribution in [2.45, 2.75) is 13.1 Å². The molecule has 6 nitrogen and oxygen atoms in total. The van der Waals surface area contributed by atoms with Crippen LogP contribution in [0.4, 0.5) is 5.69 Å². The van der Waals surface area contributed by atoms with E-state index < -0.39 is 0 Å². The Morgan fingerprint density at radius 2 is 2.32 bits per heavy atom. The van der Waals surface area contributed by atoms with Crippen LogP contribution in [0.25, 0.3) is 0 Å². The number of aromatic nitrogens is 5. The van der Waals surface area contributed by atoms with Crippen LogP contribution in [-0.2, 0) is 13.1 Å². The number of benzene rings is 1. The van der Waals surface area contributed by atoms with Crippen LogP contribution in [-0.4, -0.2) is 24.7 Å². The molecule has 0 aliphatic heterocycles. The first-order valence-electron chi connectivity index (χ1n) is 6.03. The largest absolute Gasteiger partial charge is 0.378 e. The standard InChI is InChI=1S/C13H14N6/c1-2-11(8-19-10-14-9-18-19)6-12(3-1)17-7-13-15-4-5-16-13/h1-6,9-10,17H,7-8H2,(H,15,16). The number of nitrogens with one attached hydrogen (secondary N) is 2. The monoisotopic (exact) mass is 254 g/mol. The van der Waals surface area contributed by atoms with Crippen molar-refractivity contribution in [1.29, 1.82) is 0 Å². The maximum Gasteiger partial charge on any atom is 0.137 e. The second-order valence-electron chi connectivity index (χ2n) is 4.18. The third kappa shape index (κ3) is 2.98. The van der Waals surface area contributed by atoms with Crippen molar-refractivity contribution in [3.05, 3.63) is 60.7 Å². The van der Waals surface area contributed by atoms with Crippen molar-refractivity contribution in [3.8, 4) is 0 Å². The predicted octanol–water partition coefficient (Wildman–Crippen LogP) is 1.66. The molecule has 0 fully saturated rings. The zero-order valence-corrected chi connectivity index (χ0v) is 10.3. The van der Waals surface area contributed by atoms with Crippen molar-refractivity contribution >= 4 is 5.69 Å². The molecular formula is C13H14N6. The molecule has 0 amide bonds. The summed E-state index contributed by atoms with van der Waals surface area (Å²) in [6.07, 6.45) is 6.82. The number of anilines is 1. The molecule has 2 aromatic heterocycles. The highest BCUT2D eigenvalue weighted by atomic mass is 15.3. The van der Waals surface area contributed by atoms with Gasteiger partial charge in [-0.1, -0.05) is 12.1 Å². The third-order valence-electron chi connectivity index (χ3n) is 2.75. The molecule has 1 aromatic carbocycles. The first-order chi connectivity index (χ1) is 9.40. The van der Waals surface area contributed by atoms with Gasteiger partial charge in [0.15, 0.2) is 0 Å². The Bertz CT molecular complexity index is 614. The number of rotatable bonds is 5. The fourth-order valence-electron chi connectivity index (χ4n) is 1.86. The van der Waals surface area contributed by atoms with E-state index >= 15 is 0 Å². The van der Waals surface area contributed by atoms with Crippen LogP contribution < -0.4 is 5.32 Å². The number of imidazole rings is 1. The molecular weight excluding hydrogens is 240 g/mol. The zero-order valence-electron chi connectivity index (χ0n) is 10.3. The SMILES string of the molecule is c1cc(Cn2cncn2)cc(NCc2ncc[nH]2)c1. The van der Waals surface area contributed by atoms with Gasteiger partial charge in [0.05, 0.1) is 13.1 Å². The van der Waals surface area contributed by atoms with Crippen molar-refractivity contribution in [2.75, 3.05) is 5.32 Å².